The van der Waals surface area contributed by atoms with Gasteiger partial charge in [-0.2, -0.15) is 0 Å². The third kappa shape index (κ3) is 6.63. The van der Waals surface area contributed by atoms with E-state index >= 15 is 0 Å². The summed E-state index contributed by atoms with van der Waals surface area (Å²) in [6, 6.07) is 8.79. The van der Waals surface area contributed by atoms with E-state index in [9.17, 15) is 8.42 Å². The number of allylic oxidation sites excluding steroid dienone is 3. The van der Waals surface area contributed by atoms with Crippen molar-refractivity contribution in [2.24, 2.45) is 5.41 Å². The molecule has 1 aromatic rings. The quantitative estimate of drug-likeness (QED) is 0.267. The van der Waals surface area contributed by atoms with Gasteiger partial charge in [-0.05, 0) is 82.1 Å². The summed E-state index contributed by atoms with van der Waals surface area (Å²) in [4.78, 5) is 0.354. The number of rotatable bonds is 9. The molecular formula is C28H39ClO4S. The van der Waals surface area contributed by atoms with Crippen LogP contribution in [0.2, 0.25) is 0 Å². The average Bonchev–Trinajstić information content (AvgIpc) is 3.29. The molecule has 34 heavy (non-hydrogen) atoms. The van der Waals surface area contributed by atoms with Gasteiger partial charge in [0.2, 0.25) is 0 Å². The highest BCUT2D eigenvalue weighted by atomic mass is 35.5. The third-order valence-electron chi connectivity index (χ3n) is 7.00. The summed E-state index contributed by atoms with van der Waals surface area (Å²) in [5, 5.41) is -0.974. The maximum atomic E-state index is 13.9. The van der Waals surface area contributed by atoms with E-state index in [2.05, 4.69) is 27.7 Å². The SMILES string of the molecule is CC1=C(C(/C=C(\C)C(Cl)CC/C(C)=C/C2OCCO2)S(=O)(=O)c2ccccc2)C(C)(C)CCC1. The smallest absolute Gasteiger partial charge is 0.188 e. The highest BCUT2D eigenvalue weighted by Crippen LogP contribution is 2.45. The molecule has 0 bridgehead atoms. The van der Waals surface area contributed by atoms with Crippen LogP contribution in [0.4, 0.5) is 0 Å². The monoisotopic (exact) mass is 506 g/mol. The van der Waals surface area contributed by atoms with E-state index in [1.807, 2.05) is 25.1 Å². The summed E-state index contributed by atoms with van der Waals surface area (Å²) in [5.41, 5.74) is 4.08. The van der Waals surface area contributed by atoms with Crippen LogP contribution < -0.4 is 0 Å². The molecule has 3 rings (SSSR count). The Morgan fingerprint density at radius 1 is 1.18 bits per heavy atom. The Bertz CT molecular complexity index is 1030. The molecule has 6 heteroatoms. The molecule has 2 aliphatic rings. The number of sulfone groups is 1. The molecule has 0 saturated carbocycles. The maximum Gasteiger partial charge on any atom is 0.188 e. The van der Waals surface area contributed by atoms with Gasteiger partial charge in [0, 0.05) is 0 Å². The summed E-state index contributed by atoms with van der Waals surface area (Å²) >= 11 is 6.81. The van der Waals surface area contributed by atoms with Crippen molar-refractivity contribution >= 4 is 21.4 Å². The number of alkyl halides is 1. The van der Waals surface area contributed by atoms with Gasteiger partial charge < -0.3 is 9.47 Å². The highest BCUT2D eigenvalue weighted by Gasteiger charge is 2.39. The Kier molecular flexibility index (Phi) is 9.24. The van der Waals surface area contributed by atoms with Crippen LogP contribution in [0, 0.1) is 5.41 Å². The number of halogens is 1. The Morgan fingerprint density at radius 3 is 2.44 bits per heavy atom. The van der Waals surface area contributed by atoms with Crippen LogP contribution in [0.5, 0.6) is 0 Å². The van der Waals surface area contributed by atoms with E-state index in [0.717, 1.165) is 48.8 Å². The van der Waals surface area contributed by atoms with E-state index in [1.165, 1.54) is 5.57 Å². The Morgan fingerprint density at radius 2 is 1.82 bits per heavy atom. The zero-order valence-corrected chi connectivity index (χ0v) is 22.7. The molecule has 0 N–H and O–H groups in total. The van der Waals surface area contributed by atoms with Crippen molar-refractivity contribution in [3.8, 4) is 0 Å². The van der Waals surface area contributed by atoms with Gasteiger partial charge in [0.15, 0.2) is 16.1 Å². The van der Waals surface area contributed by atoms with Crippen LogP contribution in [0.15, 0.2) is 69.7 Å². The van der Waals surface area contributed by atoms with Gasteiger partial charge in [-0.25, -0.2) is 8.42 Å². The molecule has 0 aromatic heterocycles. The summed E-state index contributed by atoms with van der Waals surface area (Å²) < 4.78 is 38.8. The molecular weight excluding hydrogens is 468 g/mol. The summed E-state index contributed by atoms with van der Waals surface area (Å²) in [6.45, 7) is 11.7. The molecule has 0 spiro atoms. The van der Waals surface area contributed by atoms with Gasteiger partial charge in [-0.3, -0.25) is 0 Å². The van der Waals surface area contributed by atoms with Crippen LogP contribution >= 0.6 is 11.6 Å². The number of hydrogen-bond acceptors (Lipinski definition) is 4. The molecule has 0 radical (unpaired) electrons. The standard InChI is InChI=1S/C28H39ClO4S/c1-20(18-26-32-16-17-33-26)13-14-24(29)22(3)19-25(27-21(2)10-9-15-28(27,4)5)34(30,31)23-11-7-6-8-12-23/h6-8,11-12,18-19,24-26H,9-10,13-17H2,1-5H3/b20-18+,22-19+. The molecule has 0 amide bonds. The Hall–Kier alpha value is -1.40. The third-order valence-corrected chi connectivity index (χ3v) is 9.53. The van der Waals surface area contributed by atoms with E-state index in [0.29, 0.717) is 18.1 Å². The highest BCUT2D eigenvalue weighted by molar-refractivity contribution is 7.92. The van der Waals surface area contributed by atoms with E-state index in [1.54, 1.807) is 24.3 Å². The maximum absolute atomic E-state index is 13.9. The van der Waals surface area contributed by atoms with Crippen LogP contribution in [-0.4, -0.2) is 38.5 Å². The molecule has 1 heterocycles. The molecule has 1 aliphatic carbocycles. The van der Waals surface area contributed by atoms with E-state index in [-0.39, 0.29) is 17.1 Å². The van der Waals surface area contributed by atoms with Crippen molar-refractivity contribution < 1.29 is 17.9 Å². The first-order chi connectivity index (χ1) is 16.0. The summed E-state index contributed by atoms with van der Waals surface area (Å²) in [6.07, 6.45) is 8.16. The van der Waals surface area contributed by atoms with Crippen LogP contribution in [0.3, 0.4) is 0 Å². The Balaban J connectivity index is 1.90. The van der Waals surface area contributed by atoms with Gasteiger partial charge in [-0.15, -0.1) is 11.6 Å². The molecule has 1 aliphatic heterocycles. The van der Waals surface area contributed by atoms with Gasteiger partial charge >= 0.3 is 0 Å². The zero-order valence-electron chi connectivity index (χ0n) is 21.1. The first-order valence-corrected chi connectivity index (χ1v) is 14.2. The van der Waals surface area contributed by atoms with E-state index < -0.39 is 15.1 Å². The van der Waals surface area contributed by atoms with Crippen molar-refractivity contribution in [1.29, 1.82) is 0 Å². The Labute approximate surface area is 211 Å². The topological polar surface area (TPSA) is 52.6 Å². The predicted octanol–water partition coefficient (Wildman–Crippen LogP) is 7.01. The lowest BCUT2D eigenvalue weighted by molar-refractivity contribution is -0.00225. The number of benzene rings is 1. The first kappa shape index (κ1) is 27.2. The lowest BCUT2D eigenvalue weighted by Crippen LogP contribution is -2.34. The fraction of sp³-hybridized carbons (Fsp3) is 0.571. The second-order valence-electron chi connectivity index (χ2n) is 10.2. The van der Waals surface area contributed by atoms with Crippen LogP contribution in [-0.2, 0) is 19.3 Å². The molecule has 188 valence electrons. The predicted molar refractivity (Wildman–Crippen MR) is 140 cm³/mol. The second-order valence-corrected chi connectivity index (χ2v) is 12.8. The fourth-order valence-corrected chi connectivity index (χ4v) is 7.30. The van der Waals surface area contributed by atoms with Crippen molar-refractivity contribution in [1.82, 2.24) is 0 Å². The van der Waals surface area contributed by atoms with Crippen molar-refractivity contribution in [2.45, 2.75) is 88.5 Å². The average molecular weight is 507 g/mol. The second kappa shape index (κ2) is 11.6. The molecule has 4 nitrogen and oxygen atoms in total. The fourth-order valence-electron chi connectivity index (χ4n) is 5.07. The molecule has 2 atom stereocenters. The normalized spacial score (nSPS) is 22.2. The zero-order chi connectivity index (χ0) is 24.9. The van der Waals surface area contributed by atoms with E-state index in [4.69, 9.17) is 21.1 Å². The van der Waals surface area contributed by atoms with Crippen molar-refractivity contribution in [3.05, 3.63) is 64.8 Å². The number of hydrogen-bond donors (Lipinski definition) is 0. The lowest BCUT2D eigenvalue weighted by atomic mass is 9.71. The first-order valence-electron chi connectivity index (χ1n) is 12.2. The largest absolute Gasteiger partial charge is 0.347 e. The molecule has 1 fully saturated rings. The van der Waals surface area contributed by atoms with Crippen molar-refractivity contribution in [2.75, 3.05) is 13.2 Å². The molecule has 1 saturated heterocycles. The lowest BCUT2D eigenvalue weighted by Gasteiger charge is -2.38. The molecule has 2 unspecified atom stereocenters. The minimum absolute atomic E-state index is 0.186. The van der Waals surface area contributed by atoms with Gasteiger partial charge in [-0.1, -0.05) is 54.8 Å². The van der Waals surface area contributed by atoms with Gasteiger partial charge in [0.25, 0.3) is 0 Å². The number of ether oxygens (including phenoxy) is 2. The summed E-state index contributed by atoms with van der Waals surface area (Å²) in [5.74, 6) is 0. The summed E-state index contributed by atoms with van der Waals surface area (Å²) in [7, 11) is -3.62. The van der Waals surface area contributed by atoms with Gasteiger partial charge in [0.1, 0.15) is 5.25 Å². The minimum atomic E-state index is -3.62. The van der Waals surface area contributed by atoms with Crippen LogP contribution in [0.25, 0.3) is 0 Å². The van der Waals surface area contributed by atoms with Gasteiger partial charge in [0.05, 0.1) is 23.5 Å². The minimum Gasteiger partial charge on any atom is -0.347 e. The van der Waals surface area contributed by atoms with Crippen molar-refractivity contribution in [3.63, 3.8) is 0 Å². The molecule has 1 aromatic carbocycles. The van der Waals surface area contributed by atoms with Crippen LogP contribution in [0.1, 0.15) is 66.7 Å².